The molecule has 1 N–H and O–H groups in total. The zero-order chi connectivity index (χ0) is 16.9. The largest absolute Gasteiger partial charge is 0.367 e. The van der Waals surface area contributed by atoms with Gasteiger partial charge in [-0.15, -0.1) is 10.2 Å². The fourth-order valence-corrected chi connectivity index (χ4v) is 3.08. The Morgan fingerprint density at radius 3 is 2.58 bits per heavy atom. The number of anilines is 1. The van der Waals surface area contributed by atoms with Crippen LogP contribution in [-0.4, -0.2) is 46.3 Å². The summed E-state index contributed by atoms with van der Waals surface area (Å²) in [6, 6.07) is 6.52. The average molecular weight is 329 g/mol. The first-order valence-electron chi connectivity index (χ1n) is 8.56. The highest BCUT2D eigenvalue weighted by molar-refractivity contribution is 5.45. The quantitative estimate of drug-likeness (QED) is 0.883. The van der Waals surface area contributed by atoms with Gasteiger partial charge in [-0.05, 0) is 50.6 Å². The van der Waals surface area contributed by atoms with E-state index in [0.717, 1.165) is 30.2 Å². The Morgan fingerprint density at radius 1 is 1.17 bits per heavy atom. The molecule has 1 atom stereocenters. The smallest absolute Gasteiger partial charge is 0.152 e. The molecule has 3 rings (SSSR count). The van der Waals surface area contributed by atoms with Crippen molar-refractivity contribution in [1.82, 2.24) is 20.1 Å². The van der Waals surface area contributed by atoms with Gasteiger partial charge in [-0.2, -0.15) is 0 Å². The minimum absolute atomic E-state index is 0.000451. The summed E-state index contributed by atoms with van der Waals surface area (Å²) >= 11 is 0. The molecule has 1 aliphatic heterocycles. The minimum atomic E-state index is -0.233. The number of aryl methyl sites for hydroxylation is 1. The van der Waals surface area contributed by atoms with Gasteiger partial charge in [-0.3, -0.25) is 0 Å². The van der Waals surface area contributed by atoms with Gasteiger partial charge in [0.25, 0.3) is 0 Å². The maximum atomic E-state index is 13.1. The summed E-state index contributed by atoms with van der Waals surface area (Å²) < 4.78 is 13.1. The molecule has 0 aliphatic carbocycles. The Labute approximate surface area is 142 Å². The van der Waals surface area contributed by atoms with E-state index >= 15 is 0 Å². The summed E-state index contributed by atoms with van der Waals surface area (Å²) in [6.07, 6.45) is 2.59. The molecule has 1 saturated heterocycles. The highest BCUT2D eigenvalue weighted by Gasteiger charge is 2.18. The molecule has 1 fully saturated rings. The van der Waals surface area contributed by atoms with Crippen LogP contribution >= 0.6 is 0 Å². The maximum Gasteiger partial charge on any atom is 0.152 e. The van der Waals surface area contributed by atoms with Crippen LogP contribution in [0.5, 0.6) is 0 Å². The van der Waals surface area contributed by atoms with Gasteiger partial charge < -0.3 is 10.2 Å². The first kappa shape index (κ1) is 16.8. The zero-order valence-electron chi connectivity index (χ0n) is 14.3. The van der Waals surface area contributed by atoms with Crippen molar-refractivity contribution in [3.05, 3.63) is 47.2 Å². The molecule has 128 valence electrons. The zero-order valence-corrected chi connectivity index (χ0v) is 14.3. The highest BCUT2D eigenvalue weighted by atomic mass is 19.1. The van der Waals surface area contributed by atoms with E-state index in [-0.39, 0.29) is 11.7 Å². The van der Waals surface area contributed by atoms with Crippen molar-refractivity contribution in [1.29, 1.82) is 0 Å². The molecule has 2 aromatic rings. The molecule has 6 heteroatoms. The first-order chi connectivity index (χ1) is 11.6. The van der Waals surface area contributed by atoms with E-state index in [0.29, 0.717) is 5.82 Å². The Hall–Kier alpha value is -2.08. The van der Waals surface area contributed by atoms with Crippen LogP contribution in [0.3, 0.4) is 0 Å². The van der Waals surface area contributed by atoms with Crippen molar-refractivity contribution >= 4 is 5.82 Å². The standard InChI is InChI=1S/C18H24FN5/c1-13(15-5-7-16(19)8-6-15)17-18(21-14(2)22-23-17)20-9-12-24-10-3-4-11-24/h5-8,13H,3-4,9-12H2,1-2H3,(H,20,21,22)/t13-/m0/s1. The molecular weight excluding hydrogens is 305 g/mol. The van der Waals surface area contributed by atoms with Crippen LogP contribution in [0.25, 0.3) is 0 Å². The molecule has 0 amide bonds. The van der Waals surface area contributed by atoms with Crippen LogP contribution in [0, 0.1) is 12.7 Å². The number of rotatable bonds is 6. The number of benzene rings is 1. The summed E-state index contributed by atoms with van der Waals surface area (Å²) in [7, 11) is 0. The monoisotopic (exact) mass is 329 g/mol. The predicted octanol–water partition coefficient (Wildman–Crippen LogP) is 2.98. The molecule has 1 aromatic heterocycles. The van der Waals surface area contributed by atoms with Crippen molar-refractivity contribution < 1.29 is 4.39 Å². The number of nitrogens with one attached hydrogen (secondary N) is 1. The molecule has 2 heterocycles. The van der Waals surface area contributed by atoms with Gasteiger partial charge in [0.2, 0.25) is 0 Å². The van der Waals surface area contributed by atoms with Crippen molar-refractivity contribution in [2.75, 3.05) is 31.5 Å². The molecule has 0 spiro atoms. The van der Waals surface area contributed by atoms with Gasteiger partial charge in [0.05, 0.1) is 0 Å². The lowest BCUT2D eigenvalue weighted by Gasteiger charge is -2.18. The third-order valence-electron chi connectivity index (χ3n) is 4.52. The molecule has 0 unspecified atom stereocenters. The van der Waals surface area contributed by atoms with E-state index in [1.165, 1.54) is 38.1 Å². The summed E-state index contributed by atoms with van der Waals surface area (Å²) in [6.45, 7) is 8.09. The van der Waals surface area contributed by atoms with E-state index < -0.39 is 0 Å². The molecule has 5 nitrogen and oxygen atoms in total. The lowest BCUT2D eigenvalue weighted by atomic mass is 9.97. The van der Waals surface area contributed by atoms with Crippen LogP contribution < -0.4 is 5.32 Å². The second-order valence-corrected chi connectivity index (χ2v) is 6.34. The van der Waals surface area contributed by atoms with Crippen LogP contribution in [0.4, 0.5) is 10.2 Å². The van der Waals surface area contributed by atoms with E-state index in [1.807, 2.05) is 13.8 Å². The van der Waals surface area contributed by atoms with Gasteiger partial charge in [0.1, 0.15) is 17.3 Å². The summed E-state index contributed by atoms with van der Waals surface area (Å²) in [5.74, 6) is 1.19. The molecule has 0 saturated carbocycles. The van der Waals surface area contributed by atoms with Gasteiger partial charge in [0, 0.05) is 19.0 Å². The fraction of sp³-hybridized carbons (Fsp3) is 0.500. The van der Waals surface area contributed by atoms with Gasteiger partial charge in [0.15, 0.2) is 5.82 Å². The lowest BCUT2D eigenvalue weighted by molar-refractivity contribution is 0.352. The number of halogens is 1. The maximum absolute atomic E-state index is 13.1. The van der Waals surface area contributed by atoms with Crippen molar-refractivity contribution in [2.45, 2.75) is 32.6 Å². The first-order valence-corrected chi connectivity index (χ1v) is 8.56. The van der Waals surface area contributed by atoms with Crippen molar-refractivity contribution in [3.63, 3.8) is 0 Å². The third-order valence-corrected chi connectivity index (χ3v) is 4.52. The summed E-state index contributed by atoms with van der Waals surface area (Å²) in [4.78, 5) is 6.98. The highest BCUT2D eigenvalue weighted by Crippen LogP contribution is 2.26. The molecule has 1 aromatic carbocycles. The van der Waals surface area contributed by atoms with Crippen LogP contribution in [-0.2, 0) is 0 Å². The summed E-state index contributed by atoms with van der Waals surface area (Å²) in [5.41, 5.74) is 1.80. The van der Waals surface area contributed by atoms with Gasteiger partial charge >= 0.3 is 0 Å². The van der Waals surface area contributed by atoms with Crippen LogP contribution in [0.2, 0.25) is 0 Å². The number of aromatic nitrogens is 3. The van der Waals surface area contributed by atoms with Crippen LogP contribution in [0.1, 0.15) is 42.8 Å². The molecule has 0 radical (unpaired) electrons. The third kappa shape index (κ3) is 4.06. The van der Waals surface area contributed by atoms with E-state index in [2.05, 4.69) is 25.4 Å². The van der Waals surface area contributed by atoms with Gasteiger partial charge in [-0.1, -0.05) is 19.1 Å². The second-order valence-electron chi connectivity index (χ2n) is 6.34. The van der Waals surface area contributed by atoms with E-state index in [9.17, 15) is 4.39 Å². The average Bonchev–Trinajstić information content (AvgIpc) is 3.08. The lowest BCUT2D eigenvalue weighted by Crippen LogP contribution is -2.26. The van der Waals surface area contributed by atoms with Crippen LogP contribution in [0.15, 0.2) is 24.3 Å². The number of hydrogen-bond donors (Lipinski definition) is 1. The van der Waals surface area contributed by atoms with Crippen molar-refractivity contribution in [2.24, 2.45) is 0 Å². The predicted molar refractivity (Wildman–Crippen MR) is 92.6 cm³/mol. The minimum Gasteiger partial charge on any atom is -0.367 e. The SMILES string of the molecule is Cc1nnc([C@@H](C)c2ccc(F)cc2)c(NCCN2CCCC2)n1. The van der Waals surface area contributed by atoms with E-state index in [4.69, 9.17) is 0 Å². The Kier molecular flexibility index (Phi) is 5.35. The summed E-state index contributed by atoms with van der Waals surface area (Å²) in [5, 5.41) is 11.9. The Bertz CT molecular complexity index is 668. The number of nitrogens with zero attached hydrogens (tertiary/aromatic N) is 4. The van der Waals surface area contributed by atoms with Gasteiger partial charge in [-0.25, -0.2) is 9.37 Å². The molecular formula is C18H24FN5. The molecule has 1 aliphatic rings. The second kappa shape index (κ2) is 7.66. The fourth-order valence-electron chi connectivity index (χ4n) is 3.08. The number of likely N-dealkylation sites (tertiary alicyclic amines) is 1. The topological polar surface area (TPSA) is 53.9 Å². The molecule has 0 bridgehead atoms. The molecule has 24 heavy (non-hydrogen) atoms. The van der Waals surface area contributed by atoms with E-state index in [1.54, 1.807) is 12.1 Å². The van der Waals surface area contributed by atoms with Crippen molar-refractivity contribution in [3.8, 4) is 0 Å². The normalized spacial score (nSPS) is 16.3. The Morgan fingerprint density at radius 2 is 1.88 bits per heavy atom. The number of hydrogen-bond acceptors (Lipinski definition) is 5. The Balaban J connectivity index is 1.73.